The molecule has 4 atom stereocenters. The Balaban J connectivity index is 0.000000182. The van der Waals surface area contributed by atoms with Gasteiger partial charge in [-0.2, -0.15) is 13.8 Å². The first-order valence-electron chi connectivity index (χ1n) is 18.4. The van der Waals surface area contributed by atoms with Crippen LogP contribution in [0.3, 0.4) is 0 Å². The largest absolute Gasteiger partial charge is 0.484 e. The van der Waals surface area contributed by atoms with Crippen LogP contribution >= 0.6 is 0 Å². The van der Waals surface area contributed by atoms with E-state index in [9.17, 15) is 28.0 Å². The van der Waals surface area contributed by atoms with Crippen LogP contribution in [0.15, 0.2) is 106 Å². The molecule has 0 unspecified atom stereocenters. The predicted molar refractivity (Wildman–Crippen MR) is 205 cm³/mol. The molecule has 0 saturated carbocycles. The molecule has 0 bridgehead atoms. The fraction of sp³-hybridized carbons (Fsp3) is 0.250. The lowest BCUT2D eigenvalue weighted by molar-refractivity contribution is -0.122. The predicted octanol–water partition coefficient (Wildman–Crippen LogP) is 3.74. The molecule has 2 aromatic carbocycles. The van der Waals surface area contributed by atoms with E-state index in [1.54, 1.807) is 57.4 Å². The van der Waals surface area contributed by atoms with Crippen molar-refractivity contribution in [2.24, 2.45) is 0 Å². The summed E-state index contributed by atoms with van der Waals surface area (Å²) in [4.78, 5) is 65.9. The number of amides is 4. The van der Waals surface area contributed by atoms with Gasteiger partial charge in [0.25, 0.3) is 29.4 Å². The van der Waals surface area contributed by atoms with Crippen LogP contribution in [0.1, 0.15) is 58.1 Å². The Morgan fingerprint density at radius 2 is 1.27 bits per heavy atom. The Labute approximate surface area is 339 Å². The molecule has 8 rings (SSSR count). The van der Waals surface area contributed by atoms with Crippen molar-refractivity contribution >= 4 is 35.3 Å². The molecule has 0 radical (unpaired) electrons. The van der Waals surface area contributed by atoms with Crippen LogP contribution < -0.4 is 29.9 Å². The van der Waals surface area contributed by atoms with Crippen molar-refractivity contribution < 1.29 is 46.4 Å². The Kier molecular flexibility index (Phi) is 11.5. The number of benzene rings is 2. The summed E-state index contributed by atoms with van der Waals surface area (Å²) in [5, 5.41) is 15.5. The zero-order valence-electron chi connectivity index (χ0n) is 32.4. The Morgan fingerprint density at radius 1 is 0.733 bits per heavy atom. The second kappa shape index (κ2) is 17.1. The third kappa shape index (κ3) is 8.47. The SMILES string of the molecule is C[C@H]1Oc2cccnc2N(C)C(=O)[C@H]1NC(=O)c1nnc(C(F)(F)c2ccccc2)o1.C[C@H]1Oc2cccnc2N(C)C(=O)[C@H]1NC(=O)c1noc(Cc2ccccc2)n1. The van der Waals surface area contributed by atoms with Crippen molar-refractivity contribution in [2.75, 3.05) is 23.9 Å². The number of alkyl halides is 2. The smallest absolute Gasteiger partial charge is 0.349 e. The number of carbonyl (C=O) groups excluding carboxylic acids is 4. The number of pyridine rings is 2. The Hall–Kier alpha value is -7.64. The monoisotopic (exact) mass is 822 g/mol. The van der Waals surface area contributed by atoms with E-state index in [2.05, 4.69) is 40.9 Å². The number of aromatic nitrogens is 6. The van der Waals surface area contributed by atoms with Crippen LogP contribution in [0.2, 0.25) is 0 Å². The van der Waals surface area contributed by atoms with Gasteiger partial charge in [-0.15, -0.1) is 10.2 Å². The van der Waals surface area contributed by atoms with Gasteiger partial charge >= 0.3 is 17.7 Å². The second-order valence-corrected chi connectivity index (χ2v) is 13.5. The van der Waals surface area contributed by atoms with Gasteiger partial charge in [-0.25, -0.2) is 9.97 Å². The van der Waals surface area contributed by atoms with Crippen LogP contribution in [-0.2, 0) is 21.9 Å². The molecule has 18 nitrogen and oxygen atoms in total. The van der Waals surface area contributed by atoms with E-state index in [0.717, 1.165) is 5.56 Å². The number of rotatable bonds is 8. The summed E-state index contributed by atoms with van der Waals surface area (Å²) in [6.07, 6.45) is 2.09. The maximum absolute atomic E-state index is 14.6. The van der Waals surface area contributed by atoms with Gasteiger partial charge in [0.2, 0.25) is 5.89 Å². The van der Waals surface area contributed by atoms with Crippen molar-refractivity contribution in [1.82, 2.24) is 40.9 Å². The average molecular weight is 823 g/mol. The summed E-state index contributed by atoms with van der Waals surface area (Å²) in [6.45, 7) is 3.29. The number of hydrogen-bond acceptors (Lipinski definition) is 14. The van der Waals surface area contributed by atoms with Gasteiger partial charge < -0.3 is 29.0 Å². The molecule has 0 aliphatic carbocycles. The van der Waals surface area contributed by atoms with Crippen LogP contribution in [0.25, 0.3) is 0 Å². The molecule has 20 heteroatoms. The average Bonchev–Trinajstić information content (AvgIpc) is 3.93. The van der Waals surface area contributed by atoms with Crippen LogP contribution in [0, 0.1) is 0 Å². The third-order valence-electron chi connectivity index (χ3n) is 9.36. The van der Waals surface area contributed by atoms with Crippen molar-refractivity contribution in [2.45, 2.75) is 50.5 Å². The molecule has 308 valence electrons. The van der Waals surface area contributed by atoms with Crippen molar-refractivity contribution in [3.05, 3.63) is 132 Å². The summed E-state index contributed by atoms with van der Waals surface area (Å²) in [6, 6.07) is 21.1. The third-order valence-corrected chi connectivity index (χ3v) is 9.36. The minimum absolute atomic E-state index is 0.140. The standard InChI is InChI=1S/C20H17F2N5O4.C20H19N5O4/c1-11-14(18(29)27(2)15-13(30-11)9-6-10-23-15)24-16(28)17-25-26-19(31-17)20(21,22)12-7-4-3-5-8-12;1-12-16(20(27)25(2)18-14(28-12)9-6-10-21-18)23-19(26)17-22-15(29-24-17)11-13-7-4-3-5-8-13/h3-11,14H,1-2H3,(H,24,28);3-10,12,16H,11H2,1-2H3,(H,23,26)/t11-,14+;12-,16+/m11/s1. The lowest BCUT2D eigenvalue weighted by atomic mass is 10.1. The number of ether oxygens (including phenoxy) is 2. The van der Waals surface area contributed by atoms with Gasteiger partial charge in [0.1, 0.15) is 24.3 Å². The maximum Gasteiger partial charge on any atom is 0.349 e. The fourth-order valence-corrected chi connectivity index (χ4v) is 6.19. The first-order chi connectivity index (χ1) is 28.8. The summed E-state index contributed by atoms with van der Waals surface area (Å²) in [7, 11) is 3.07. The molecule has 6 aromatic rings. The van der Waals surface area contributed by atoms with Crippen molar-refractivity contribution in [1.29, 1.82) is 0 Å². The van der Waals surface area contributed by atoms with E-state index >= 15 is 0 Å². The number of anilines is 2. The van der Waals surface area contributed by atoms with Crippen LogP contribution in [0.4, 0.5) is 20.4 Å². The van der Waals surface area contributed by atoms with Gasteiger partial charge in [0.15, 0.2) is 23.1 Å². The van der Waals surface area contributed by atoms with Crippen molar-refractivity contribution in [3.8, 4) is 11.5 Å². The van der Waals surface area contributed by atoms with Crippen LogP contribution in [0.5, 0.6) is 11.5 Å². The topological polar surface area (TPSA) is 221 Å². The van der Waals surface area contributed by atoms with E-state index in [1.165, 1.54) is 47.3 Å². The molecule has 0 spiro atoms. The van der Waals surface area contributed by atoms with Gasteiger partial charge in [0, 0.05) is 32.1 Å². The highest BCUT2D eigenvalue weighted by molar-refractivity contribution is 6.03. The zero-order valence-corrected chi connectivity index (χ0v) is 32.4. The highest BCUT2D eigenvalue weighted by atomic mass is 19.3. The molecule has 2 N–H and O–H groups in total. The number of nitrogens with zero attached hydrogens (tertiary/aromatic N) is 8. The minimum Gasteiger partial charge on any atom is -0.484 e. The molecule has 2 aliphatic rings. The minimum atomic E-state index is -3.59. The first kappa shape index (κ1) is 40.6. The second-order valence-electron chi connectivity index (χ2n) is 13.5. The highest BCUT2D eigenvalue weighted by Crippen LogP contribution is 2.35. The molecule has 4 aromatic heterocycles. The Morgan fingerprint density at radius 3 is 1.83 bits per heavy atom. The molecule has 6 heterocycles. The normalized spacial score (nSPS) is 18.6. The molecule has 2 aliphatic heterocycles. The molecule has 0 saturated heterocycles. The van der Waals surface area contributed by atoms with E-state index in [0.29, 0.717) is 35.4 Å². The van der Waals surface area contributed by atoms with Crippen molar-refractivity contribution in [3.63, 3.8) is 0 Å². The quantitative estimate of drug-likeness (QED) is 0.223. The van der Waals surface area contributed by atoms with Gasteiger partial charge in [0.05, 0.1) is 6.42 Å². The van der Waals surface area contributed by atoms with Crippen LogP contribution in [-0.4, -0.2) is 92.3 Å². The number of fused-ring (bicyclic) bond motifs is 2. The number of carbonyl (C=O) groups is 4. The summed E-state index contributed by atoms with van der Waals surface area (Å²) >= 11 is 0. The van der Waals surface area contributed by atoms with Gasteiger partial charge in [-0.3, -0.25) is 29.0 Å². The molecular formula is C40H36F2N10O8. The molecule has 0 fully saturated rings. The maximum atomic E-state index is 14.6. The van der Waals surface area contributed by atoms with E-state index in [4.69, 9.17) is 18.4 Å². The molecular weight excluding hydrogens is 786 g/mol. The molecule has 60 heavy (non-hydrogen) atoms. The Bertz CT molecular complexity index is 2500. The van der Waals surface area contributed by atoms with Gasteiger partial charge in [-0.05, 0) is 43.7 Å². The highest BCUT2D eigenvalue weighted by Gasteiger charge is 2.42. The number of nitrogens with one attached hydrogen (secondary N) is 2. The molecule has 4 amide bonds. The van der Waals surface area contributed by atoms with E-state index < -0.39 is 59.7 Å². The number of halogens is 2. The first-order valence-corrected chi connectivity index (χ1v) is 18.4. The number of hydrogen-bond donors (Lipinski definition) is 2. The summed E-state index contributed by atoms with van der Waals surface area (Å²) in [5.74, 6) is -6.09. The van der Waals surface area contributed by atoms with E-state index in [1.807, 2.05) is 30.3 Å². The lowest BCUT2D eigenvalue weighted by Gasteiger charge is -2.22. The summed E-state index contributed by atoms with van der Waals surface area (Å²) in [5.41, 5.74) is 0.620. The van der Waals surface area contributed by atoms with Gasteiger partial charge in [-0.1, -0.05) is 65.8 Å². The fourth-order valence-electron chi connectivity index (χ4n) is 6.19. The lowest BCUT2D eigenvalue weighted by Crippen LogP contribution is -2.53. The number of likely N-dealkylation sites (N-methyl/N-ethyl adjacent to an activating group) is 2. The zero-order chi connectivity index (χ0) is 42.6. The summed E-state index contributed by atoms with van der Waals surface area (Å²) < 4.78 is 50.8. The van der Waals surface area contributed by atoms with E-state index in [-0.39, 0.29) is 17.3 Å².